The quantitative estimate of drug-likeness (QED) is 0.669. The first-order valence-corrected chi connectivity index (χ1v) is 9.94. The molecule has 7 heteroatoms. The zero-order chi connectivity index (χ0) is 19.3. The van der Waals surface area contributed by atoms with Crippen LogP contribution in [0.25, 0.3) is 0 Å². The van der Waals surface area contributed by atoms with E-state index in [2.05, 4.69) is 36.3 Å². The van der Waals surface area contributed by atoms with Crippen LogP contribution >= 0.6 is 15.9 Å². The minimum Gasteiger partial charge on any atom is -0.352 e. The van der Waals surface area contributed by atoms with Crippen LogP contribution in [0.5, 0.6) is 0 Å². The summed E-state index contributed by atoms with van der Waals surface area (Å²) in [5, 5.41) is 11.8. The largest absolute Gasteiger partial charge is 0.352 e. The fourth-order valence-corrected chi connectivity index (χ4v) is 3.57. The molecule has 1 N–H and O–H groups in total. The van der Waals surface area contributed by atoms with Gasteiger partial charge in [-0.25, -0.2) is 0 Å². The number of hydrogen-bond donors (Lipinski definition) is 1. The van der Waals surface area contributed by atoms with Gasteiger partial charge in [0.15, 0.2) is 11.6 Å². The van der Waals surface area contributed by atoms with Gasteiger partial charge in [0, 0.05) is 41.9 Å². The van der Waals surface area contributed by atoms with Crippen LogP contribution in [-0.2, 0) is 0 Å². The van der Waals surface area contributed by atoms with E-state index in [9.17, 15) is 4.79 Å². The molecular weight excluding hydrogens is 418 g/mol. The number of anilines is 3. The number of benzene rings is 2. The lowest BCUT2D eigenvalue weighted by atomic mass is 10.2. The van der Waals surface area contributed by atoms with Gasteiger partial charge in [-0.05, 0) is 42.5 Å². The van der Waals surface area contributed by atoms with Gasteiger partial charge < -0.3 is 15.1 Å². The van der Waals surface area contributed by atoms with E-state index in [1.807, 2.05) is 71.6 Å². The predicted molar refractivity (Wildman–Crippen MR) is 114 cm³/mol. The Morgan fingerprint density at radius 3 is 2.36 bits per heavy atom. The Hall–Kier alpha value is -2.93. The molecule has 1 aliphatic rings. The SMILES string of the molecule is O=C(c1cccc(Br)c1)N1CCN(c2ccc(Nc3ccccc3)nn2)CC1. The lowest BCUT2D eigenvalue weighted by molar-refractivity contribution is 0.0746. The van der Waals surface area contributed by atoms with E-state index in [-0.39, 0.29) is 5.91 Å². The summed E-state index contributed by atoms with van der Waals surface area (Å²) in [5.74, 6) is 1.60. The number of aromatic nitrogens is 2. The molecule has 0 radical (unpaired) electrons. The Morgan fingerprint density at radius 2 is 1.68 bits per heavy atom. The lowest BCUT2D eigenvalue weighted by Gasteiger charge is -2.35. The van der Waals surface area contributed by atoms with Gasteiger partial charge in [0.05, 0.1) is 0 Å². The van der Waals surface area contributed by atoms with Crippen molar-refractivity contribution in [2.45, 2.75) is 0 Å². The molecule has 1 amide bonds. The number of nitrogens with one attached hydrogen (secondary N) is 1. The molecule has 0 atom stereocenters. The van der Waals surface area contributed by atoms with Gasteiger partial charge in [-0.1, -0.05) is 40.2 Å². The van der Waals surface area contributed by atoms with Crippen LogP contribution in [0.2, 0.25) is 0 Å². The molecule has 0 unspecified atom stereocenters. The number of halogens is 1. The zero-order valence-corrected chi connectivity index (χ0v) is 16.8. The Morgan fingerprint density at radius 1 is 0.893 bits per heavy atom. The first kappa shape index (κ1) is 18.4. The fourth-order valence-electron chi connectivity index (χ4n) is 3.17. The Labute approximate surface area is 172 Å². The third kappa shape index (κ3) is 4.31. The monoisotopic (exact) mass is 437 g/mol. The molecule has 0 saturated carbocycles. The summed E-state index contributed by atoms with van der Waals surface area (Å²) in [5.41, 5.74) is 1.68. The molecule has 1 fully saturated rings. The van der Waals surface area contributed by atoms with Crippen LogP contribution in [0, 0.1) is 0 Å². The van der Waals surface area contributed by atoms with E-state index in [0.717, 1.165) is 29.1 Å². The smallest absolute Gasteiger partial charge is 0.254 e. The molecule has 3 aromatic rings. The maximum Gasteiger partial charge on any atom is 0.254 e. The summed E-state index contributed by atoms with van der Waals surface area (Å²) in [4.78, 5) is 16.7. The molecule has 2 aromatic carbocycles. The third-order valence-electron chi connectivity index (χ3n) is 4.66. The molecule has 0 spiro atoms. The maximum atomic E-state index is 12.7. The summed E-state index contributed by atoms with van der Waals surface area (Å²) in [6, 6.07) is 21.3. The van der Waals surface area contributed by atoms with Gasteiger partial charge in [0.1, 0.15) is 0 Å². The average Bonchev–Trinajstić information content (AvgIpc) is 2.75. The molecule has 6 nitrogen and oxygen atoms in total. The van der Waals surface area contributed by atoms with E-state index in [1.54, 1.807) is 0 Å². The van der Waals surface area contributed by atoms with Gasteiger partial charge in [-0.2, -0.15) is 0 Å². The average molecular weight is 438 g/mol. The first-order chi connectivity index (χ1) is 13.7. The Bertz CT molecular complexity index is 941. The van der Waals surface area contributed by atoms with E-state index in [0.29, 0.717) is 24.5 Å². The molecule has 4 rings (SSSR count). The minimum absolute atomic E-state index is 0.0643. The summed E-state index contributed by atoms with van der Waals surface area (Å²) in [6.45, 7) is 2.80. The van der Waals surface area contributed by atoms with Crippen molar-refractivity contribution in [1.82, 2.24) is 15.1 Å². The number of para-hydroxylation sites is 1. The van der Waals surface area contributed by atoms with E-state index < -0.39 is 0 Å². The number of carbonyl (C=O) groups excluding carboxylic acids is 1. The molecule has 1 saturated heterocycles. The van der Waals surface area contributed by atoms with Gasteiger partial charge in [0.25, 0.3) is 5.91 Å². The Kier molecular flexibility index (Phi) is 5.53. The van der Waals surface area contributed by atoms with Crippen molar-refractivity contribution >= 4 is 39.2 Å². The minimum atomic E-state index is 0.0643. The van der Waals surface area contributed by atoms with Crippen molar-refractivity contribution in [1.29, 1.82) is 0 Å². The van der Waals surface area contributed by atoms with Crippen LogP contribution in [-0.4, -0.2) is 47.2 Å². The van der Waals surface area contributed by atoms with Crippen molar-refractivity contribution in [3.8, 4) is 0 Å². The molecule has 28 heavy (non-hydrogen) atoms. The highest BCUT2D eigenvalue weighted by Gasteiger charge is 2.23. The highest BCUT2D eigenvalue weighted by molar-refractivity contribution is 9.10. The van der Waals surface area contributed by atoms with E-state index in [1.165, 1.54) is 0 Å². The van der Waals surface area contributed by atoms with Crippen molar-refractivity contribution in [3.63, 3.8) is 0 Å². The number of amides is 1. The molecule has 0 aliphatic carbocycles. The summed E-state index contributed by atoms with van der Waals surface area (Å²) >= 11 is 3.42. The second kappa shape index (κ2) is 8.39. The topological polar surface area (TPSA) is 61.4 Å². The Balaban J connectivity index is 1.35. The van der Waals surface area contributed by atoms with Gasteiger partial charge in [-0.15, -0.1) is 10.2 Å². The predicted octanol–water partition coefficient (Wildman–Crippen LogP) is 3.95. The summed E-state index contributed by atoms with van der Waals surface area (Å²) < 4.78 is 0.913. The van der Waals surface area contributed by atoms with Crippen LogP contribution in [0.1, 0.15) is 10.4 Å². The van der Waals surface area contributed by atoms with Gasteiger partial charge in [0.2, 0.25) is 0 Å². The summed E-state index contributed by atoms with van der Waals surface area (Å²) in [6.07, 6.45) is 0. The fraction of sp³-hybridized carbons (Fsp3) is 0.190. The van der Waals surface area contributed by atoms with Crippen LogP contribution in [0.15, 0.2) is 71.2 Å². The third-order valence-corrected chi connectivity index (χ3v) is 5.15. The van der Waals surface area contributed by atoms with Crippen molar-refractivity contribution in [2.75, 3.05) is 36.4 Å². The molecule has 2 heterocycles. The van der Waals surface area contributed by atoms with E-state index in [4.69, 9.17) is 0 Å². The van der Waals surface area contributed by atoms with Crippen LogP contribution < -0.4 is 10.2 Å². The number of piperazine rings is 1. The number of rotatable bonds is 4. The number of nitrogens with zero attached hydrogens (tertiary/aromatic N) is 4. The first-order valence-electron chi connectivity index (χ1n) is 9.15. The van der Waals surface area contributed by atoms with Crippen molar-refractivity contribution in [3.05, 3.63) is 76.8 Å². The standard InChI is InChI=1S/C21H20BrN5O/c22-17-6-4-5-16(15-17)21(28)27-13-11-26(12-14-27)20-10-9-19(24-25-20)23-18-7-2-1-3-8-18/h1-10,15H,11-14H2,(H,23,24). The number of hydrogen-bond acceptors (Lipinski definition) is 5. The molecule has 0 bridgehead atoms. The molecule has 1 aliphatic heterocycles. The van der Waals surface area contributed by atoms with E-state index >= 15 is 0 Å². The zero-order valence-electron chi connectivity index (χ0n) is 15.3. The van der Waals surface area contributed by atoms with Gasteiger partial charge in [-0.3, -0.25) is 4.79 Å². The normalized spacial score (nSPS) is 14.0. The van der Waals surface area contributed by atoms with Crippen LogP contribution in [0.3, 0.4) is 0 Å². The molecular formula is C21H20BrN5O. The van der Waals surface area contributed by atoms with Gasteiger partial charge >= 0.3 is 0 Å². The summed E-state index contributed by atoms with van der Waals surface area (Å²) in [7, 11) is 0. The second-order valence-corrected chi connectivity index (χ2v) is 7.47. The van der Waals surface area contributed by atoms with Crippen molar-refractivity contribution < 1.29 is 4.79 Å². The highest BCUT2D eigenvalue weighted by atomic mass is 79.9. The molecule has 142 valence electrons. The number of carbonyl (C=O) groups is 1. The second-order valence-electron chi connectivity index (χ2n) is 6.56. The maximum absolute atomic E-state index is 12.7. The van der Waals surface area contributed by atoms with Crippen LogP contribution in [0.4, 0.5) is 17.3 Å². The molecule has 1 aromatic heterocycles. The highest BCUT2D eigenvalue weighted by Crippen LogP contribution is 2.19. The lowest BCUT2D eigenvalue weighted by Crippen LogP contribution is -2.49. The van der Waals surface area contributed by atoms with Crippen molar-refractivity contribution in [2.24, 2.45) is 0 Å².